The van der Waals surface area contributed by atoms with E-state index in [0.717, 1.165) is 0 Å². The molecule has 9 heteroatoms. The third kappa shape index (κ3) is 4.93. The number of anilines is 1. The van der Waals surface area contributed by atoms with Crippen LogP contribution in [0.15, 0.2) is 66.1 Å². The predicted molar refractivity (Wildman–Crippen MR) is 113 cm³/mol. The summed E-state index contributed by atoms with van der Waals surface area (Å²) in [5.41, 5.74) is 0.950. The van der Waals surface area contributed by atoms with Crippen LogP contribution in [0.5, 0.6) is 0 Å². The molecule has 1 saturated heterocycles. The van der Waals surface area contributed by atoms with Gasteiger partial charge in [0.2, 0.25) is 10.0 Å². The summed E-state index contributed by atoms with van der Waals surface area (Å²) in [6.45, 7) is 5.18. The quantitative estimate of drug-likeness (QED) is 0.654. The molecule has 0 aliphatic carbocycles. The van der Waals surface area contributed by atoms with E-state index < -0.39 is 15.9 Å². The second-order valence-electron chi connectivity index (χ2n) is 6.54. The number of benzene rings is 2. The van der Waals surface area contributed by atoms with Crippen LogP contribution in [0, 0.1) is 0 Å². The Morgan fingerprint density at radius 3 is 2.37 bits per heavy atom. The van der Waals surface area contributed by atoms with Gasteiger partial charge >= 0.3 is 0 Å². The fourth-order valence-electron chi connectivity index (χ4n) is 2.96. The van der Waals surface area contributed by atoms with Crippen LogP contribution < -0.4 is 10.6 Å². The SMILES string of the molecule is C=CCNC(=O)c1ccccc1NC(=O)c1ccc(S(=O)(=O)N2CCOCC2)cc1. The highest BCUT2D eigenvalue weighted by atomic mass is 32.2. The van der Waals surface area contributed by atoms with Crippen LogP contribution in [-0.2, 0) is 14.8 Å². The van der Waals surface area contributed by atoms with Crippen molar-refractivity contribution in [3.63, 3.8) is 0 Å². The topological polar surface area (TPSA) is 105 Å². The lowest BCUT2D eigenvalue weighted by molar-refractivity contribution is 0.0730. The van der Waals surface area contributed by atoms with E-state index in [0.29, 0.717) is 44.1 Å². The summed E-state index contributed by atoms with van der Waals surface area (Å²) < 4.78 is 31.9. The number of sulfonamides is 1. The first-order chi connectivity index (χ1) is 14.4. The molecule has 0 bridgehead atoms. The first kappa shape index (κ1) is 21.7. The zero-order valence-electron chi connectivity index (χ0n) is 16.3. The van der Waals surface area contributed by atoms with E-state index in [1.807, 2.05) is 0 Å². The molecule has 1 fully saturated rings. The highest BCUT2D eigenvalue weighted by Crippen LogP contribution is 2.20. The average Bonchev–Trinajstić information content (AvgIpc) is 2.78. The highest BCUT2D eigenvalue weighted by Gasteiger charge is 2.26. The van der Waals surface area contributed by atoms with Gasteiger partial charge < -0.3 is 15.4 Å². The Kier molecular flexibility index (Phi) is 6.99. The summed E-state index contributed by atoms with van der Waals surface area (Å²) in [6.07, 6.45) is 1.56. The van der Waals surface area contributed by atoms with Gasteiger partial charge in [-0.2, -0.15) is 4.31 Å². The number of nitrogens with one attached hydrogen (secondary N) is 2. The molecule has 0 radical (unpaired) electrons. The number of para-hydroxylation sites is 1. The van der Waals surface area contributed by atoms with Crippen molar-refractivity contribution in [1.82, 2.24) is 9.62 Å². The van der Waals surface area contributed by atoms with Crippen LogP contribution in [0.4, 0.5) is 5.69 Å². The Hall–Kier alpha value is -3.01. The van der Waals surface area contributed by atoms with E-state index >= 15 is 0 Å². The Labute approximate surface area is 175 Å². The molecule has 8 nitrogen and oxygen atoms in total. The smallest absolute Gasteiger partial charge is 0.255 e. The third-order valence-electron chi connectivity index (χ3n) is 4.55. The average molecular weight is 429 g/mol. The predicted octanol–water partition coefficient (Wildman–Crippen LogP) is 1.88. The van der Waals surface area contributed by atoms with Gasteiger partial charge in [-0.15, -0.1) is 6.58 Å². The first-order valence-corrected chi connectivity index (χ1v) is 10.8. The van der Waals surface area contributed by atoms with Gasteiger partial charge in [0.05, 0.1) is 29.4 Å². The molecule has 0 aromatic heterocycles. The maximum Gasteiger partial charge on any atom is 0.255 e. The maximum absolute atomic E-state index is 12.7. The molecule has 3 rings (SSSR count). The Balaban J connectivity index is 1.74. The lowest BCUT2D eigenvalue weighted by Crippen LogP contribution is -2.40. The summed E-state index contributed by atoms with van der Waals surface area (Å²) >= 11 is 0. The minimum Gasteiger partial charge on any atom is -0.379 e. The lowest BCUT2D eigenvalue weighted by atomic mass is 10.1. The molecule has 1 aliphatic rings. The van der Waals surface area contributed by atoms with Crippen molar-refractivity contribution in [3.05, 3.63) is 72.3 Å². The van der Waals surface area contributed by atoms with E-state index in [1.54, 1.807) is 30.3 Å². The minimum absolute atomic E-state index is 0.116. The second-order valence-corrected chi connectivity index (χ2v) is 8.48. The second kappa shape index (κ2) is 9.66. The van der Waals surface area contributed by atoms with Crippen LogP contribution >= 0.6 is 0 Å². The van der Waals surface area contributed by atoms with Crippen LogP contribution in [0.1, 0.15) is 20.7 Å². The molecule has 2 amide bonds. The standard InChI is InChI=1S/C21H23N3O5S/c1-2-11-22-21(26)18-5-3-4-6-19(18)23-20(25)16-7-9-17(10-8-16)30(27,28)24-12-14-29-15-13-24/h2-10H,1,11-15H2,(H,22,26)(H,23,25). The molecule has 0 unspecified atom stereocenters. The zero-order valence-corrected chi connectivity index (χ0v) is 17.2. The molecule has 0 atom stereocenters. The Morgan fingerprint density at radius 1 is 1.03 bits per heavy atom. The van der Waals surface area contributed by atoms with E-state index in [9.17, 15) is 18.0 Å². The molecule has 2 aromatic carbocycles. The number of rotatable bonds is 7. The molecule has 0 spiro atoms. The zero-order chi connectivity index (χ0) is 21.6. The number of hydrogen-bond donors (Lipinski definition) is 2. The number of amides is 2. The van der Waals surface area contributed by atoms with Gasteiger partial charge in [-0.3, -0.25) is 9.59 Å². The first-order valence-electron chi connectivity index (χ1n) is 9.41. The van der Waals surface area contributed by atoms with E-state index in [2.05, 4.69) is 17.2 Å². The normalized spacial score (nSPS) is 14.7. The number of nitrogens with zero attached hydrogens (tertiary/aromatic N) is 1. The monoisotopic (exact) mass is 429 g/mol. The van der Waals surface area contributed by atoms with Crippen molar-refractivity contribution < 1.29 is 22.7 Å². The van der Waals surface area contributed by atoms with Crippen molar-refractivity contribution in [2.24, 2.45) is 0 Å². The van der Waals surface area contributed by atoms with Crippen molar-refractivity contribution in [1.29, 1.82) is 0 Å². The molecule has 1 heterocycles. The van der Waals surface area contributed by atoms with Crippen LogP contribution in [0.2, 0.25) is 0 Å². The number of ether oxygens (including phenoxy) is 1. The molecule has 2 N–H and O–H groups in total. The van der Waals surface area contributed by atoms with Gasteiger partial charge in [0.25, 0.3) is 11.8 Å². The molecule has 158 valence electrons. The summed E-state index contributed by atoms with van der Waals surface area (Å²) in [7, 11) is -3.63. The van der Waals surface area contributed by atoms with Crippen LogP contribution in [-0.4, -0.2) is 57.4 Å². The largest absolute Gasteiger partial charge is 0.379 e. The van der Waals surface area contributed by atoms with Crippen LogP contribution in [0.3, 0.4) is 0 Å². The highest BCUT2D eigenvalue weighted by molar-refractivity contribution is 7.89. The van der Waals surface area contributed by atoms with Crippen LogP contribution in [0.25, 0.3) is 0 Å². The van der Waals surface area contributed by atoms with Crippen molar-refractivity contribution >= 4 is 27.5 Å². The van der Waals surface area contributed by atoms with Gasteiger partial charge in [0.1, 0.15) is 0 Å². The number of morpholine rings is 1. The number of carbonyl (C=O) groups is 2. The molecule has 0 saturated carbocycles. The van der Waals surface area contributed by atoms with Crippen molar-refractivity contribution in [2.45, 2.75) is 4.90 Å². The van der Waals surface area contributed by atoms with Gasteiger partial charge in [0.15, 0.2) is 0 Å². The summed E-state index contributed by atoms with van der Waals surface area (Å²) in [5, 5.41) is 5.37. The Bertz CT molecular complexity index is 1030. The summed E-state index contributed by atoms with van der Waals surface area (Å²) in [5.74, 6) is -0.785. The fourth-order valence-corrected chi connectivity index (χ4v) is 4.37. The number of hydrogen-bond acceptors (Lipinski definition) is 5. The van der Waals surface area contributed by atoms with E-state index in [-0.39, 0.29) is 16.4 Å². The van der Waals surface area contributed by atoms with Gasteiger partial charge in [-0.1, -0.05) is 18.2 Å². The third-order valence-corrected chi connectivity index (χ3v) is 6.46. The summed E-state index contributed by atoms with van der Waals surface area (Å²) in [6, 6.07) is 12.3. The van der Waals surface area contributed by atoms with Crippen molar-refractivity contribution in [3.8, 4) is 0 Å². The van der Waals surface area contributed by atoms with E-state index in [4.69, 9.17) is 4.74 Å². The minimum atomic E-state index is -3.63. The van der Waals surface area contributed by atoms with Gasteiger partial charge in [-0.05, 0) is 36.4 Å². The van der Waals surface area contributed by atoms with Gasteiger partial charge in [-0.25, -0.2) is 8.42 Å². The molecular formula is C21H23N3O5S. The van der Waals surface area contributed by atoms with E-state index in [1.165, 1.54) is 28.6 Å². The molecular weight excluding hydrogens is 406 g/mol. The lowest BCUT2D eigenvalue weighted by Gasteiger charge is -2.26. The Morgan fingerprint density at radius 2 is 1.70 bits per heavy atom. The van der Waals surface area contributed by atoms with Crippen molar-refractivity contribution in [2.75, 3.05) is 38.2 Å². The molecule has 1 aliphatic heterocycles. The number of carbonyl (C=O) groups excluding carboxylic acids is 2. The molecule has 30 heavy (non-hydrogen) atoms. The summed E-state index contributed by atoms with van der Waals surface area (Å²) in [4.78, 5) is 25.0. The van der Waals surface area contributed by atoms with Gasteiger partial charge in [0, 0.05) is 25.2 Å². The molecule has 2 aromatic rings. The maximum atomic E-state index is 12.7. The fraction of sp³-hybridized carbons (Fsp3) is 0.238.